The third kappa shape index (κ3) is 3.08. The summed E-state index contributed by atoms with van der Waals surface area (Å²) in [5, 5.41) is 12.0. The van der Waals surface area contributed by atoms with Crippen LogP contribution in [0.1, 0.15) is 18.4 Å². The van der Waals surface area contributed by atoms with Crippen molar-refractivity contribution in [1.29, 1.82) is 5.26 Å². The summed E-state index contributed by atoms with van der Waals surface area (Å²) >= 11 is 0. The highest BCUT2D eigenvalue weighted by atomic mass is 16.2. The lowest BCUT2D eigenvalue weighted by Crippen LogP contribution is -2.43. The molecule has 0 radical (unpaired) electrons. The summed E-state index contributed by atoms with van der Waals surface area (Å²) < 4.78 is 0. The molecule has 0 aliphatic carbocycles. The fourth-order valence-electron chi connectivity index (χ4n) is 2.22. The van der Waals surface area contributed by atoms with E-state index in [9.17, 15) is 4.79 Å². The summed E-state index contributed by atoms with van der Waals surface area (Å²) in [4.78, 5) is 13.9. The van der Waals surface area contributed by atoms with E-state index < -0.39 is 0 Å². The van der Waals surface area contributed by atoms with Crippen molar-refractivity contribution in [3.05, 3.63) is 35.9 Å². The third-order valence-electron chi connectivity index (χ3n) is 3.15. The Balaban J connectivity index is 2.03. The Labute approximate surface area is 107 Å². The Kier molecular flexibility index (Phi) is 4.32. The minimum absolute atomic E-state index is 0.0397. The standard InChI is InChI=1S/C14H17N3O/c15-8-10-17(11-12-5-2-1-3-6-12)14(18)13-7-4-9-16-13/h1-3,5-6,13,16H,4,7,9-11H2/t13-/m0/s1. The zero-order valence-electron chi connectivity index (χ0n) is 10.3. The molecule has 18 heavy (non-hydrogen) atoms. The average Bonchev–Trinajstić information content (AvgIpc) is 2.92. The van der Waals surface area contributed by atoms with Gasteiger partial charge < -0.3 is 10.2 Å². The molecule has 0 saturated carbocycles. The van der Waals surface area contributed by atoms with Crippen LogP contribution in [-0.4, -0.2) is 29.9 Å². The first-order valence-corrected chi connectivity index (χ1v) is 6.24. The van der Waals surface area contributed by atoms with Crippen LogP contribution >= 0.6 is 0 Å². The lowest BCUT2D eigenvalue weighted by Gasteiger charge is -2.23. The Morgan fingerprint density at radius 2 is 2.22 bits per heavy atom. The van der Waals surface area contributed by atoms with Gasteiger partial charge in [0, 0.05) is 6.54 Å². The number of carbonyl (C=O) groups is 1. The number of nitrogens with zero attached hydrogens (tertiary/aromatic N) is 2. The van der Waals surface area contributed by atoms with E-state index >= 15 is 0 Å². The lowest BCUT2D eigenvalue weighted by atomic mass is 10.1. The van der Waals surface area contributed by atoms with E-state index in [-0.39, 0.29) is 18.5 Å². The summed E-state index contributed by atoms with van der Waals surface area (Å²) in [6, 6.07) is 11.7. The lowest BCUT2D eigenvalue weighted by molar-refractivity contribution is -0.133. The van der Waals surface area contributed by atoms with Crippen LogP contribution in [-0.2, 0) is 11.3 Å². The first kappa shape index (κ1) is 12.6. The highest BCUT2D eigenvalue weighted by molar-refractivity contribution is 5.82. The van der Waals surface area contributed by atoms with E-state index in [0.29, 0.717) is 6.54 Å². The predicted molar refractivity (Wildman–Crippen MR) is 68.5 cm³/mol. The largest absolute Gasteiger partial charge is 0.324 e. The van der Waals surface area contributed by atoms with Crippen LogP contribution in [0.2, 0.25) is 0 Å². The van der Waals surface area contributed by atoms with Gasteiger partial charge in [0.15, 0.2) is 0 Å². The molecule has 1 N–H and O–H groups in total. The minimum atomic E-state index is -0.109. The van der Waals surface area contributed by atoms with E-state index in [4.69, 9.17) is 5.26 Å². The van der Waals surface area contributed by atoms with Crippen LogP contribution in [0.4, 0.5) is 0 Å². The van der Waals surface area contributed by atoms with E-state index in [0.717, 1.165) is 24.9 Å². The Morgan fingerprint density at radius 1 is 1.44 bits per heavy atom. The molecule has 1 aliphatic rings. The molecule has 1 atom stereocenters. The molecule has 4 heteroatoms. The van der Waals surface area contributed by atoms with Crippen LogP contribution in [0, 0.1) is 11.3 Å². The topological polar surface area (TPSA) is 56.1 Å². The van der Waals surface area contributed by atoms with Gasteiger partial charge in [0.05, 0.1) is 12.1 Å². The van der Waals surface area contributed by atoms with E-state index in [1.807, 2.05) is 30.3 Å². The molecule has 0 aromatic heterocycles. The second-order valence-corrected chi connectivity index (χ2v) is 4.49. The molecule has 0 spiro atoms. The molecule has 1 aliphatic heterocycles. The Bertz CT molecular complexity index is 432. The van der Waals surface area contributed by atoms with Gasteiger partial charge in [-0.15, -0.1) is 0 Å². The van der Waals surface area contributed by atoms with Crippen molar-refractivity contribution in [2.75, 3.05) is 13.1 Å². The average molecular weight is 243 g/mol. The van der Waals surface area contributed by atoms with Gasteiger partial charge in [-0.25, -0.2) is 0 Å². The van der Waals surface area contributed by atoms with Crippen molar-refractivity contribution < 1.29 is 4.79 Å². The molecule has 2 rings (SSSR count). The van der Waals surface area contributed by atoms with Crippen molar-refractivity contribution in [3.8, 4) is 6.07 Å². The molecular formula is C14H17N3O. The van der Waals surface area contributed by atoms with Crippen LogP contribution < -0.4 is 5.32 Å². The number of nitriles is 1. The monoisotopic (exact) mass is 243 g/mol. The highest BCUT2D eigenvalue weighted by Gasteiger charge is 2.26. The van der Waals surface area contributed by atoms with Crippen LogP contribution in [0.3, 0.4) is 0 Å². The first-order valence-electron chi connectivity index (χ1n) is 6.24. The number of benzene rings is 1. The quantitative estimate of drug-likeness (QED) is 0.811. The molecule has 1 saturated heterocycles. The van der Waals surface area contributed by atoms with Gasteiger partial charge in [0.25, 0.3) is 0 Å². The molecule has 1 heterocycles. The number of carbonyl (C=O) groups excluding carboxylic acids is 1. The zero-order chi connectivity index (χ0) is 12.8. The van der Waals surface area contributed by atoms with Crippen molar-refractivity contribution >= 4 is 5.91 Å². The van der Waals surface area contributed by atoms with Gasteiger partial charge in [0.2, 0.25) is 5.91 Å². The molecule has 94 valence electrons. The number of rotatable bonds is 4. The number of amides is 1. The maximum absolute atomic E-state index is 12.3. The Hall–Kier alpha value is -1.86. The maximum atomic E-state index is 12.3. The highest BCUT2D eigenvalue weighted by Crippen LogP contribution is 2.11. The third-order valence-corrected chi connectivity index (χ3v) is 3.15. The second kappa shape index (κ2) is 6.18. The van der Waals surface area contributed by atoms with E-state index in [1.165, 1.54) is 0 Å². The molecule has 1 aromatic rings. The number of hydrogen-bond acceptors (Lipinski definition) is 3. The minimum Gasteiger partial charge on any atom is -0.324 e. The summed E-state index contributed by atoms with van der Waals surface area (Å²) in [6.07, 6.45) is 1.90. The predicted octanol–water partition coefficient (Wildman–Crippen LogP) is 1.29. The summed E-state index contributed by atoms with van der Waals surface area (Å²) in [5.41, 5.74) is 1.05. The number of hydrogen-bond donors (Lipinski definition) is 1. The molecule has 1 aromatic carbocycles. The van der Waals surface area contributed by atoms with Crippen molar-refractivity contribution in [3.63, 3.8) is 0 Å². The van der Waals surface area contributed by atoms with Gasteiger partial charge in [-0.3, -0.25) is 4.79 Å². The normalized spacial score (nSPS) is 18.3. The fraction of sp³-hybridized carbons (Fsp3) is 0.429. The maximum Gasteiger partial charge on any atom is 0.240 e. The number of nitrogens with one attached hydrogen (secondary N) is 1. The summed E-state index contributed by atoms with van der Waals surface area (Å²) in [5.74, 6) is 0.0397. The SMILES string of the molecule is N#CCN(Cc1ccccc1)C(=O)[C@@H]1CCCN1. The van der Waals surface area contributed by atoms with Crippen LogP contribution in [0.5, 0.6) is 0 Å². The summed E-state index contributed by atoms with van der Waals surface area (Å²) in [6.45, 7) is 1.54. The van der Waals surface area contributed by atoms with Gasteiger partial charge in [-0.05, 0) is 24.9 Å². The molecule has 1 fully saturated rings. The van der Waals surface area contributed by atoms with Gasteiger partial charge >= 0.3 is 0 Å². The molecule has 0 bridgehead atoms. The van der Waals surface area contributed by atoms with Crippen molar-refractivity contribution in [2.24, 2.45) is 0 Å². The fourth-order valence-corrected chi connectivity index (χ4v) is 2.22. The smallest absolute Gasteiger partial charge is 0.240 e. The van der Waals surface area contributed by atoms with Crippen molar-refractivity contribution in [1.82, 2.24) is 10.2 Å². The van der Waals surface area contributed by atoms with Crippen LogP contribution in [0.25, 0.3) is 0 Å². The van der Waals surface area contributed by atoms with Gasteiger partial charge in [0.1, 0.15) is 6.54 Å². The van der Waals surface area contributed by atoms with Crippen molar-refractivity contribution in [2.45, 2.75) is 25.4 Å². The second-order valence-electron chi connectivity index (χ2n) is 4.49. The van der Waals surface area contributed by atoms with Gasteiger partial charge in [-0.1, -0.05) is 30.3 Å². The molecular weight excluding hydrogens is 226 g/mol. The van der Waals surface area contributed by atoms with Gasteiger partial charge in [-0.2, -0.15) is 5.26 Å². The van der Waals surface area contributed by atoms with E-state index in [2.05, 4.69) is 11.4 Å². The molecule has 0 unspecified atom stereocenters. The van der Waals surface area contributed by atoms with E-state index in [1.54, 1.807) is 4.90 Å². The first-order chi connectivity index (χ1) is 8.81. The zero-order valence-corrected chi connectivity index (χ0v) is 10.3. The summed E-state index contributed by atoms with van der Waals surface area (Å²) in [7, 11) is 0. The van der Waals surface area contributed by atoms with Crippen LogP contribution in [0.15, 0.2) is 30.3 Å². The Morgan fingerprint density at radius 3 is 2.83 bits per heavy atom. The molecule has 4 nitrogen and oxygen atoms in total. The molecule has 1 amide bonds.